The Kier molecular flexibility index (Phi) is 3.62. The third-order valence-corrected chi connectivity index (χ3v) is 4.56. The minimum Gasteiger partial charge on any atom is -0.335 e. The Morgan fingerprint density at radius 2 is 1.90 bits per heavy atom. The predicted octanol–water partition coefficient (Wildman–Crippen LogP) is 2.97. The van der Waals surface area contributed by atoms with Crippen LogP contribution in [0, 0.1) is 0 Å². The third-order valence-electron chi connectivity index (χ3n) is 3.46. The lowest BCUT2D eigenvalue weighted by atomic mass is 10.1. The topological polar surface area (TPSA) is 32.3 Å². The van der Waals surface area contributed by atoms with Gasteiger partial charge in [0.25, 0.3) is 5.91 Å². The van der Waals surface area contributed by atoms with Gasteiger partial charge in [-0.3, -0.25) is 4.79 Å². The molecule has 3 nitrogen and oxygen atoms in total. The molecule has 0 spiro atoms. The number of carbonyl (C=O) groups excluding carboxylic acids is 1. The number of amides is 1. The van der Waals surface area contributed by atoms with Crippen LogP contribution >= 0.6 is 11.3 Å². The van der Waals surface area contributed by atoms with Crippen molar-refractivity contribution in [1.82, 2.24) is 10.2 Å². The second kappa shape index (κ2) is 5.31. The molecular formula is C14H13F3N2OS. The Labute approximate surface area is 123 Å². The maximum atomic E-state index is 12.7. The van der Waals surface area contributed by atoms with Crippen molar-refractivity contribution >= 4 is 27.3 Å². The first-order chi connectivity index (χ1) is 9.95. The van der Waals surface area contributed by atoms with Crippen LogP contribution in [0.15, 0.2) is 24.3 Å². The molecule has 112 valence electrons. The van der Waals surface area contributed by atoms with Gasteiger partial charge in [-0.25, -0.2) is 0 Å². The van der Waals surface area contributed by atoms with Crippen molar-refractivity contribution < 1.29 is 18.0 Å². The highest BCUT2D eigenvalue weighted by Crippen LogP contribution is 2.34. The van der Waals surface area contributed by atoms with Crippen LogP contribution in [0.2, 0.25) is 0 Å². The summed E-state index contributed by atoms with van der Waals surface area (Å²) in [5.74, 6) is -0.105. The number of fused-ring (bicyclic) bond motifs is 1. The van der Waals surface area contributed by atoms with E-state index in [4.69, 9.17) is 0 Å². The fourth-order valence-electron chi connectivity index (χ4n) is 2.35. The summed E-state index contributed by atoms with van der Waals surface area (Å²) in [7, 11) is 0. The number of piperazine rings is 1. The van der Waals surface area contributed by atoms with E-state index in [0.29, 0.717) is 28.1 Å². The molecule has 2 aromatic rings. The summed E-state index contributed by atoms with van der Waals surface area (Å²) in [5, 5.41) is 3.62. The van der Waals surface area contributed by atoms with Gasteiger partial charge in [-0.15, -0.1) is 11.3 Å². The molecule has 1 fully saturated rings. The molecule has 1 aliphatic heterocycles. The molecular weight excluding hydrogens is 301 g/mol. The average molecular weight is 314 g/mol. The minimum atomic E-state index is -4.36. The number of rotatable bonds is 1. The van der Waals surface area contributed by atoms with Crippen molar-refractivity contribution in [3.63, 3.8) is 0 Å². The van der Waals surface area contributed by atoms with Crippen molar-refractivity contribution in [2.45, 2.75) is 6.18 Å². The molecule has 1 aromatic carbocycles. The lowest BCUT2D eigenvalue weighted by Crippen LogP contribution is -2.46. The van der Waals surface area contributed by atoms with Crippen LogP contribution in [-0.2, 0) is 6.18 Å². The van der Waals surface area contributed by atoms with Gasteiger partial charge in [0.2, 0.25) is 0 Å². The number of carbonyl (C=O) groups is 1. The molecule has 1 aliphatic rings. The first kappa shape index (κ1) is 14.3. The molecule has 2 heterocycles. The molecule has 0 aliphatic carbocycles. The first-order valence-electron chi connectivity index (χ1n) is 6.56. The van der Waals surface area contributed by atoms with Crippen molar-refractivity contribution in [3.05, 3.63) is 34.7 Å². The lowest BCUT2D eigenvalue weighted by molar-refractivity contribution is -0.137. The van der Waals surface area contributed by atoms with Crippen LogP contribution in [-0.4, -0.2) is 37.0 Å². The number of nitrogens with one attached hydrogen (secondary N) is 1. The molecule has 21 heavy (non-hydrogen) atoms. The monoisotopic (exact) mass is 314 g/mol. The number of benzene rings is 1. The van der Waals surface area contributed by atoms with Crippen LogP contribution < -0.4 is 5.32 Å². The number of halogens is 3. The maximum absolute atomic E-state index is 12.7. The molecule has 1 amide bonds. The molecule has 0 bridgehead atoms. The number of alkyl halides is 3. The van der Waals surface area contributed by atoms with Crippen LogP contribution in [0.5, 0.6) is 0 Å². The molecule has 0 atom stereocenters. The fourth-order valence-corrected chi connectivity index (χ4v) is 3.36. The number of nitrogens with zero attached hydrogens (tertiary/aromatic N) is 1. The summed E-state index contributed by atoms with van der Waals surface area (Å²) in [5.41, 5.74) is -0.686. The van der Waals surface area contributed by atoms with Gasteiger partial charge in [-0.1, -0.05) is 0 Å². The molecule has 1 saturated heterocycles. The van der Waals surface area contributed by atoms with E-state index in [9.17, 15) is 18.0 Å². The fraction of sp³-hybridized carbons (Fsp3) is 0.357. The zero-order valence-electron chi connectivity index (χ0n) is 11.0. The maximum Gasteiger partial charge on any atom is 0.416 e. The summed E-state index contributed by atoms with van der Waals surface area (Å²) in [6.45, 7) is 2.74. The molecule has 3 rings (SSSR count). The second-order valence-electron chi connectivity index (χ2n) is 4.90. The zero-order valence-corrected chi connectivity index (χ0v) is 11.9. The molecule has 0 saturated carbocycles. The minimum absolute atomic E-state index is 0.105. The van der Waals surface area contributed by atoms with E-state index in [-0.39, 0.29) is 5.91 Å². The number of hydrogen-bond acceptors (Lipinski definition) is 3. The van der Waals surface area contributed by atoms with Crippen molar-refractivity contribution in [3.8, 4) is 0 Å². The number of hydrogen-bond donors (Lipinski definition) is 1. The predicted molar refractivity (Wildman–Crippen MR) is 75.6 cm³/mol. The van der Waals surface area contributed by atoms with E-state index < -0.39 is 11.7 Å². The van der Waals surface area contributed by atoms with Gasteiger partial charge < -0.3 is 10.2 Å². The molecule has 1 N–H and O–H groups in total. The molecule has 7 heteroatoms. The quantitative estimate of drug-likeness (QED) is 0.878. The zero-order chi connectivity index (χ0) is 15.0. The van der Waals surface area contributed by atoms with Gasteiger partial charge in [0, 0.05) is 30.9 Å². The van der Waals surface area contributed by atoms with Gasteiger partial charge in [0.05, 0.1) is 10.4 Å². The Hall–Kier alpha value is -1.60. The van der Waals surface area contributed by atoms with Crippen LogP contribution in [0.25, 0.3) is 10.1 Å². The van der Waals surface area contributed by atoms with E-state index in [0.717, 1.165) is 25.2 Å². The van der Waals surface area contributed by atoms with E-state index >= 15 is 0 Å². The summed E-state index contributed by atoms with van der Waals surface area (Å²) >= 11 is 1.24. The highest BCUT2D eigenvalue weighted by atomic mass is 32.1. The Balaban J connectivity index is 1.91. The van der Waals surface area contributed by atoms with Crippen molar-refractivity contribution in [2.24, 2.45) is 0 Å². The smallest absolute Gasteiger partial charge is 0.335 e. The van der Waals surface area contributed by atoms with Crippen molar-refractivity contribution in [2.75, 3.05) is 26.2 Å². The van der Waals surface area contributed by atoms with E-state index in [1.165, 1.54) is 17.4 Å². The number of thiophene rings is 1. The van der Waals surface area contributed by atoms with E-state index in [1.54, 1.807) is 11.0 Å². The second-order valence-corrected chi connectivity index (χ2v) is 5.99. The summed E-state index contributed by atoms with van der Waals surface area (Å²) in [6, 6.07) is 5.13. The summed E-state index contributed by atoms with van der Waals surface area (Å²) in [4.78, 5) is 14.6. The summed E-state index contributed by atoms with van der Waals surface area (Å²) in [6.07, 6.45) is -4.36. The van der Waals surface area contributed by atoms with Gasteiger partial charge in [-0.2, -0.15) is 13.2 Å². The van der Waals surface area contributed by atoms with Gasteiger partial charge in [0.1, 0.15) is 0 Å². The van der Waals surface area contributed by atoms with Gasteiger partial charge in [-0.05, 0) is 29.7 Å². The normalized spacial score (nSPS) is 16.4. The SMILES string of the molecule is O=C(c1cc2cc(C(F)(F)F)ccc2s1)N1CCNCC1. The largest absolute Gasteiger partial charge is 0.416 e. The van der Waals surface area contributed by atoms with E-state index in [2.05, 4.69) is 5.32 Å². The molecule has 1 aromatic heterocycles. The van der Waals surface area contributed by atoms with Crippen molar-refractivity contribution in [1.29, 1.82) is 0 Å². The Morgan fingerprint density at radius 1 is 1.19 bits per heavy atom. The highest BCUT2D eigenvalue weighted by molar-refractivity contribution is 7.20. The lowest BCUT2D eigenvalue weighted by Gasteiger charge is -2.26. The third kappa shape index (κ3) is 2.89. The van der Waals surface area contributed by atoms with Crippen LogP contribution in [0.4, 0.5) is 13.2 Å². The van der Waals surface area contributed by atoms with Crippen LogP contribution in [0.3, 0.4) is 0 Å². The van der Waals surface area contributed by atoms with Gasteiger partial charge >= 0.3 is 6.18 Å². The van der Waals surface area contributed by atoms with Gasteiger partial charge in [0.15, 0.2) is 0 Å². The first-order valence-corrected chi connectivity index (χ1v) is 7.37. The van der Waals surface area contributed by atoms with Crippen LogP contribution in [0.1, 0.15) is 15.2 Å². The highest BCUT2D eigenvalue weighted by Gasteiger charge is 2.30. The average Bonchev–Trinajstić information content (AvgIpc) is 2.89. The standard InChI is InChI=1S/C14H13F3N2OS/c15-14(16,17)10-1-2-11-9(7-10)8-12(21-11)13(20)19-5-3-18-4-6-19/h1-2,7-8,18H,3-6H2. The van der Waals surface area contributed by atoms with E-state index in [1.807, 2.05) is 0 Å². The molecule has 0 unspecified atom stereocenters. The molecule has 0 radical (unpaired) electrons. The Morgan fingerprint density at radius 3 is 2.57 bits per heavy atom. The summed E-state index contributed by atoms with van der Waals surface area (Å²) < 4.78 is 38.8. The Bertz CT molecular complexity index is 674.